The Labute approximate surface area is 189 Å². The third-order valence-corrected chi connectivity index (χ3v) is 7.00. The second-order valence-electron chi connectivity index (χ2n) is 6.59. The first-order chi connectivity index (χ1) is 14.3. The van der Waals surface area contributed by atoms with E-state index in [4.69, 9.17) is 11.6 Å². The highest BCUT2D eigenvalue weighted by atomic mass is 79.9. The fourth-order valence-corrected chi connectivity index (χ4v) is 4.72. The number of sulfonamides is 1. The highest BCUT2D eigenvalue weighted by molar-refractivity contribution is 9.10. The van der Waals surface area contributed by atoms with E-state index in [-0.39, 0.29) is 18.0 Å². The maximum atomic E-state index is 13.2. The van der Waals surface area contributed by atoms with Gasteiger partial charge in [-0.05, 0) is 54.4 Å². The summed E-state index contributed by atoms with van der Waals surface area (Å²) in [4.78, 5) is 12.7. The second-order valence-corrected chi connectivity index (χ2v) is 9.88. The molecule has 0 aliphatic heterocycles. The van der Waals surface area contributed by atoms with Crippen molar-refractivity contribution in [1.29, 1.82) is 0 Å². The lowest BCUT2D eigenvalue weighted by Gasteiger charge is -2.22. The van der Waals surface area contributed by atoms with E-state index >= 15 is 0 Å². The van der Waals surface area contributed by atoms with Crippen molar-refractivity contribution in [1.82, 2.24) is 4.31 Å². The number of halogens is 2. The van der Waals surface area contributed by atoms with Gasteiger partial charge in [-0.1, -0.05) is 63.9 Å². The molecule has 0 fully saturated rings. The van der Waals surface area contributed by atoms with Gasteiger partial charge in [0.1, 0.15) is 0 Å². The lowest BCUT2D eigenvalue weighted by atomic mass is 10.1. The average molecular weight is 508 g/mol. The summed E-state index contributed by atoms with van der Waals surface area (Å²) in [5, 5.41) is 3.19. The van der Waals surface area contributed by atoms with Crippen LogP contribution in [0.1, 0.15) is 5.56 Å². The van der Waals surface area contributed by atoms with Crippen LogP contribution in [0.2, 0.25) is 5.02 Å². The first-order valence-electron chi connectivity index (χ1n) is 9.20. The number of hydrogen-bond acceptors (Lipinski definition) is 3. The summed E-state index contributed by atoms with van der Waals surface area (Å²) in [5.74, 6) is -0.439. The summed E-state index contributed by atoms with van der Waals surface area (Å²) < 4.78 is 28.4. The molecule has 30 heavy (non-hydrogen) atoms. The van der Waals surface area contributed by atoms with E-state index in [1.165, 1.54) is 16.4 Å². The monoisotopic (exact) mass is 506 g/mol. The van der Waals surface area contributed by atoms with E-state index in [0.717, 1.165) is 10.0 Å². The molecule has 3 aromatic carbocycles. The maximum Gasteiger partial charge on any atom is 0.243 e. The molecule has 0 bridgehead atoms. The number of amides is 1. The predicted molar refractivity (Wildman–Crippen MR) is 123 cm³/mol. The van der Waals surface area contributed by atoms with Crippen molar-refractivity contribution in [2.24, 2.45) is 0 Å². The summed E-state index contributed by atoms with van der Waals surface area (Å²) >= 11 is 9.27. The van der Waals surface area contributed by atoms with E-state index in [2.05, 4.69) is 21.2 Å². The van der Waals surface area contributed by atoms with E-state index in [9.17, 15) is 13.2 Å². The second kappa shape index (κ2) is 10.2. The zero-order valence-corrected chi connectivity index (χ0v) is 19.1. The molecule has 0 heterocycles. The Kier molecular flexibility index (Phi) is 7.66. The van der Waals surface area contributed by atoms with E-state index < -0.39 is 15.9 Å². The van der Waals surface area contributed by atoms with Crippen molar-refractivity contribution >= 4 is 49.1 Å². The van der Waals surface area contributed by atoms with Gasteiger partial charge in [0.2, 0.25) is 15.9 Å². The fraction of sp³-hybridized carbons (Fsp3) is 0.136. The highest BCUT2D eigenvalue weighted by Crippen LogP contribution is 2.20. The lowest BCUT2D eigenvalue weighted by Crippen LogP contribution is -2.39. The van der Waals surface area contributed by atoms with Crippen molar-refractivity contribution in [2.45, 2.75) is 11.3 Å². The molecule has 0 unspecified atom stereocenters. The molecular weight excluding hydrogens is 488 g/mol. The van der Waals surface area contributed by atoms with Gasteiger partial charge in [0, 0.05) is 21.7 Å². The summed E-state index contributed by atoms with van der Waals surface area (Å²) in [7, 11) is -3.86. The third kappa shape index (κ3) is 6.15. The zero-order chi connectivity index (χ0) is 21.6. The van der Waals surface area contributed by atoms with Crippen LogP contribution in [-0.2, 0) is 21.2 Å². The molecule has 156 valence electrons. The van der Waals surface area contributed by atoms with E-state index in [1.807, 2.05) is 30.3 Å². The summed E-state index contributed by atoms with van der Waals surface area (Å²) in [6.45, 7) is -0.136. The smallest absolute Gasteiger partial charge is 0.243 e. The van der Waals surface area contributed by atoms with Crippen LogP contribution in [0, 0.1) is 0 Å². The van der Waals surface area contributed by atoms with Gasteiger partial charge in [-0.15, -0.1) is 0 Å². The Balaban J connectivity index is 1.80. The van der Waals surface area contributed by atoms with Crippen LogP contribution in [0.3, 0.4) is 0 Å². The van der Waals surface area contributed by atoms with Crippen molar-refractivity contribution in [3.05, 3.63) is 93.9 Å². The molecule has 8 heteroatoms. The van der Waals surface area contributed by atoms with Gasteiger partial charge < -0.3 is 5.32 Å². The Morgan fingerprint density at radius 3 is 2.33 bits per heavy atom. The topological polar surface area (TPSA) is 66.5 Å². The normalized spacial score (nSPS) is 11.4. The Hall–Kier alpha value is -2.19. The Morgan fingerprint density at radius 2 is 1.67 bits per heavy atom. The fourth-order valence-electron chi connectivity index (χ4n) is 2.87. The van der Waals surface area contributed by atoms with Crippen LogP contribution >= 0.6 is 27.5 Å². The largest absolute Gasteiger partial charge is 0.325 e. The van der Waals surface area contributed by atoms with Gasteiger partial charge in [-0.25, -0.2) is 8.42 Å². The molecule has 3 aromatic rings. The van der Waals surface area contributed by atoms with Gasteiger partial charge in [0.05, 0.1) is 11.4 Å². The lowest BCUT2D eigenvalue weighted by molar-refractivity contribution is -0.116. The standard InChI is InChI=1S/C22H20BrClN2O3S/c23-18-9-11-21(12-10-18)30(28,29)26(14-13-17-5-2-1-3-6-17)16-22(27)25-20-8-4-7-19(24)15-20/h1-12,15H,13-14,16H2,(H,25,27). The van der Waals surface area contributed by atoms with E-state index in [1.54, 1.807) is 36.4 Å². The van der Waals surface area contributed by atoms with Crippen molar-refractivity contribution < 1.29 is 13.2 Å². The minimum atomic E-state index is -3.86. The molecule has 5 nitrogen and oxygen atoms in total. The first-order valence-corrected chi connectivity index (χ1v) is 11.8. The molecule has 0 aliphatic carbocycles. The van der Waals surface area contributed by atoms with Crippen LogP contribution in [0.5, 0.6) is 0 Å². The van der Waals surface area contributed by atoms with Crippen LogP contribution in [0.25, 0.3) is 0 Å². The van der Waals surface area contributed by atoms with Crippen molar-refractivity contribution in [3.8, 4) is 0 Å². The molecule has 0 saturated heterocycles. The highest BCUT2D eigenvalue weighted by Gasteiger charge is 2.26. The molecule has 0 aliphatic rings. The van der Waals surface area contributed by atoms with Crippen molar-refractivity contribution in [2.75, 3.05) is 18.4 Å². The predicted octanol–water partition coefficient (Wildman–Crippen LogP) is 4.97. The quantitative estimate of drug-likeness (QED) is 0.468. The molecule has 3 rings (SSSR count). The number of carbonyl (C=O) groups excluding carboxylic acids is 1. The molecule has 0 radical (unpaired) electrons. The van der Waals surface area contributed by atoms with Crippen LogP contribution in [0.15, 0.2) is 88.2 Å². The van der Waals surface area contributed by atoms with Crippen LogP contribution in [-0.4, -0.2) is 31.7 Å². The van der Waals surface area contributed by atoms with Gasteiger partial charge in [0.15, 0.2) is 0 Å². The van der Waals surface area contributed by atoms with E-state index in [0.29, 0.717) is 17.1 Å². The first kappa shape index (κ1) is 22.5. The summed E-state index contributed by atoms with van der Waals surface area (Å²) in [6.07, 6.45) is 0.487. The van der Waals surface area contributed by atoms with Gasteiger partial charge in [0.25, 0.3) is 0 Å². The SMILES string of the molecule is O=C(CN(CCc1ccccc1)S(=O)(=O)c1ccc(Br)cc1)Nc1cccc(Cl)c1. The zero-order valence-electron chi connectivity index (χ0n) is 16.0. The number of rotatable bonds is 8. The molecule has 0 aromatic heterocycles. The maximum absolute atomic E-state index is 13.2. The third-order valence-electron chi connectivity index (χ3n) is 4.37. The number of nitrogens with zero attached hydrogens (tertiary/aromatic N) is 1. The molecular formula is C22H20BrClN2O3S. The van der Waals surface area contributed by atoms with Crippen molar-refractivity contribution in [3.63, 3.8) is 0 Å². The van der Waals surface area contributed by atoms with Gasteiger partial charge >= 0.3 is 0 Å². The summed E-state index contributed by atoms with van der Waals surface area (Å²) in [5.41, 5.74) is 1.50. The number of nitrogens with one attached hydrogen (secondary N) is 1. The Morgan fingerprint density at radius 1 is 0.967 bits per heavy atom. The molecule has 1 amide bonds. The molecule has 0 atom stereocenters. The Bertz CT molecular complexity index is 1110. The molecule has 0 spiro atoms. The number of anilines is 1. The number of benzene rings is 3. The van der Waals surface area contributed by atoms with Crippen LogP contribution in [0.4, 0.5) is 5.69 Å². The summed E-state index contributed by atoms with van der Waals surface area (Å²) in [6, 6.07) is 22.6. The van der Waals surface area contributed by atoms with Gasteiger partial charge in [-0.3, -0.25) is 4.79 Å². The van der Waals surface area contributed by atoms with Crippen LogP contribution < -0.4 is 5.32 Å². The number of hydrogen-bond donors (Lipinski definition) is 1. The minimum Gasteiger partial charge on any atom is -0.325 e. The van der Waals surface area contributed by atoms with Gasteiger partial charge in [-0.2, -0.15) is 4.31 Å². The number of carbonyl (C=O) groups is 1. The minimum absolute atomic E-state index is 0.134. The molecule has 0 saturated carbocycles. The molecule has 1 N–H and O–H groups in total. The average Bonchev–Trinajstić information content (AvgIpc) is 2.72.